The third kappa shape index (κ3) is 3.35. The highest BCUT2D eigenvalue weighted by Gasteiger charge is 2.02. The molecule has 2 aromatic rings. The summed E-state index contributed by atoms with van der Waals surface area (Å²) in [5, 5.41) is 8.95. The van der Waals surface area contributed by atoms with Gasteiger partial charge >= 0.3 is 0 Å². The van der Waals surface area contributed by atoms with Crippen molar-refractivity contribution in [2.24, 2.45) is 0 Å². The molecule has 1 heterocycles. The Hall–Kier alpha value is -1.79. The molecule has 3 heteroatoms. The van der Waals surface area contributed by atoms with E-state index in [-0.39, 0.29) is 0 Å². The van der Waals surface area contributed by atoms with Crippen LogP contribution in [0.2, 0.25) is 0 Å². The minimum atomic E-state index is 0.536. The Balaban J connectivity index is 1.95. The van der Waals surface area contributed by atoms with Crippen molar-refractivity contribution in [2.45, 2.75) is 18.4 Å². The first-order chi connectivity index (χ1) is 8.79. The van der Waals surface area contributed by atoms with Gasteiger partial charge in [0.05, 0.1) is 0 Å². The second kappa shape index (κ2) is 6.23. The topological polar surface area (TPSA) is 36.7 Å². The van der Waals surface area contributed by atoms with Gasteiger partial charge < -0.3 is 0 Å². The van der Waals surface area contributed by atoms with Crippen molar-refractivity contribution in [1.29, 1.82) is 5.26 Å². The number of benzene rings is 1. The molecular weight excluding hydrogens is 240 g/mol. The van der Waals surface area contributed by atoms with Gasteiger partial charge in [0.1, 0.15) is 11.8 Å². The smallest absolute Gasteiger partial charge is 0.144 e. The van der Waals surface area contributed by atoms with Crippen molar-refractivity contribution in [1.82, 2.24) is 4.98 Å². The molecule has 2 nitrogen and oxygen atoms in total. The molecule has 0 fully saturated rings. The van der Waals surface area contributed by atoms with Crippen molar-refractivity contribution in [3.63, 3.8) is 0 Å². The van der Waals surface area contributed by atoms with Crippen LogP contribution in [0.4, 0.5) is 0 Å². The third-order valence-electron chi connectivity index (χ3n) is 2.61. The van der Waals surface area contributed by atoms with Crippen molar-refractivity contribution in [2.75, 3.05) is 0 Å². The molecule has 0 aliphatic carbocycles. The molecule has 2 rings (SSSR count). The zero-order valence-electron chi connectivity index (χ0n) is 10.3. The Bertz CT molecular complexity index is 573. The van der Waals surface area contributed by atoms with Crippen LogP contribution in [0.25, 0.3) is 0 Å². The maximum Gasteiger partial charge on any atom is 0.144 e. The number of rotatable bonds is 4. The molecule has 1 aromatic carbocycles. The molecule has 0 N–H and O–H groups in total. The first-order valence-electron chi connectivity index (χ1n) is 5.77. The Morgan fingerprint density at radius 1 is 1.22 bits per heavy atom. The van der Waals surface area contributed by atoms with Crippen LogP contribution in [0, 0.1) is 18.3 Å². The molecule has 0 spiro atoms. The van der Waals surface area contributed by atoms with E-state index in [0.29, 0.717) is 5.69 Å². The standard InChI is InChI=1S/C15H14N2S/c1-12-4-2-5-13(8-12)10-18-11-14-6-3-7-17-15(14)9-16/h2-8H,10-11H2,1H3. The van der Waals surface area contributed by atoms with E-state index in [1.807, 2.05) is 12.1 Å². The minimum absolute atomic E-state index is 0.536. The summed E-state index contributed by atoms with van der Waals surface area (Å²) < 4.78 is 0. The Labute approximate surface area is 112 Å². The van der Waals surface area contributed by atoms with Gasteiger partial charge in [0.2, 0.25) is 0 Å². The highest BCUT2D eigenvalue weighted by molar-refractivity contribution is 7.97. The molecule has 0 amide bonds. The van der Waals surface area contributed by atoms with Crippen molar-refractivity contribution >= 4 is 11.8 Å². The summed E-state index contributed by atoms with van der Waals surface area (Å²) in [6, 6.07) is 14.5. The molecule has 0 saturated carbocycles. The molecule has 0 unspecified atom stereocenters. The average molecular weight is 254 g/mol. The average Bonchev–Trinajstić information content (AvgIpc) is 2.39. The first-order valence-corrected chi connectivity index (χ1v) is 6.92. The van der Waals surface area contributed by atoms with Gasteiger partial charge in [-0.05, 0) is 24.1 Å². The quantitative estimate of drug-likeness (QED) is 0.834. The zero-order chi connectivity index (χ0) is 12.8. The number of thioether (sulfide) groups is 1. The van der Waals surface area contributed by atoms with Gasteiger partial charge in [-0.15, -0.1) is 0 Å². The van der Waals surface area contributed by atoms with Gasteiger partial charge in [0.15, 0.2) is 0 Å². The fourth-order valence-electron chi connectivity index (χ4n) is 1.74. The normalized spacial score (nSPS) is 10.0. The molecule has 18 heavy (non-hydrogen) atoms. The molecule has 0 radical (unpaired) electrons. The number of nitriles is 1. The summed E-state index contributed by atoms with van der Waals surface area (Å²) in [5.41, 5.74) is 4.15. The Morgan fingerprint density at radius 2 is 2.11 bits per heavy atom. The van der Waals surface area contributed by atoms with Gasteiger partial charge in [-0.3, -0.25) is 0 Å². The summed E-state index contributed by atoms with van der Waals surface area (Å²) in [7, 11) is 0. The second-order valence-corrected chi connectivity index (χ2v) is 5.09. The van der Waals surface area contributed by atoms with E-state index in [2.05, 4.69) is 42.2 Å². The number of aromatic nitrogens is 1. The summed E-state index contributed by atoms with van der Waals surface area (Å²) in [6.07, 6.45) is 1.66. The van der Waals surface area contributed by atoms with Crippen molar-refractivity contribution < 1.29 is 0 Å². The number of hydrogen-bond acceptors (Lipinski definition) is 3. The maximum absolute atomic E-state index is 8.95. The number of hydrogen-bond donors (Lipinski definition) is 0. The van der Waals surface area contributed by atoms with Gasteiger partial charge in [-0.25, -0.2) is 4.98 Å². The van der Waals surface area contributed by atoms with Crippen LogP contribution in [0.15, 0.2) is 42.6 Å². The fourth-order valence-corrected chi connectivity index (χ4v) is 2.71. The van der Waals surface area contributed by atoms with E-state index >= 15 is 0 Å². The lowest BCUT2D eigenvalue weighted by atomic mass is 10.2. The number of pyridine rings is 1. The summed E-state index contributed by atoms with van der Waals surface area (Å²) in [5.74, 6) is 1.78. The van der Waals surface area contributed by atoms with Gasteiger partial charge in [-0.1, -0.05) is 35.9 Å². The van der Waals surface area contributed by atoms with E-state index in [1.54, 1.807) is 18.0 Å². The van der Waals surface area contributed by atoms with Crippen LogP contribution in [-0.2, 0) is 11.5 Å². The van der Waals surface area contributed by atoms with Gasteiger partial charge in [0.25, 0.3) is 0 Å². The number of aryl methyl sites for hydroxylation is 1. The summed E-state index contributed by atoms with van der Waals surface area (Å²) in [6.45, 7) is 2.10. The molecule has 1 aromatic heterocycles. The molecule has 0 aliphatic rings. The second-order valence-electron chi connectivity index (χ2n) is 4.10. The van der Waals surface area contributed by atoms with E-state index in [9.17, 15) is 0 Å². The lowest BCUT2D eigenvalue weighted by Crippen LogP contribution is -1.91. The monoisotopic (exact) mass is 254 g/mol. The van der Waals surface area contributed by atoms with Crippen LogP contribution in [-0.4, -0.2) is 4.98 Å². The fraction of sp³-hybridized carbons (Fsp3) is 0.200. The Kier molecular flexibility index (Phi) is 4.38. The van der Waals surface area contributed by atoms with E-state index < -0.39 is 0 Å². The SMILES string of the molecule is Cc1cccc(CSCc2cccnc2C#N)c1. The number of nitrogens with zero attached hydrogens (tertiary/aromatic N) is 2. The van der Waals surface area contributed by atoms with E-state index in [1.165, 1.54) is 11.1 Å². The Morgan fingerprint density at radius 3 is 2.89 bits per heavy atom. The van der Waals surface area contributed by atoms with Crippen molar-refractivity contribution in [3.05, 3.63) is 65.0 Å². The van der Waals surface area contributed by atoms with Crippen LogP contribution in [0.5, 0.6) is 0 Å². The minimum Gasteiger partial charge on any atom is -0.245 e. The lowest BCUT2D eigenvalue weighted by Gasteiger charge is -2.04. The maximum atomic E-state index is 8.95. The summed E-state index contributed by atoms with van der Waals surface area (Å²) in [4.78, 5) is 4.06. The van der Waals surface area contributed by atoms with Crippen molar-refractivity contribution in [3.8, 4) is 6.07 Å². The third-order valence-corrected chi connectivity index (χ3v) is 3.66. The molecule has 0 saturated heterocycles. The highest BCUT2D eigenvalue weighted by atomic mass is 32.2. The highest BCUT2D eigenvalue weighted by Crippen LogP contribution is 2.19. The van der Waals surface area contributed by atoms with Gasteiger partial charge in [-0.2, -0.15) is 17.0 Å². The largest absolute Gasteiger partial charge is 0.245 e. The predicted octanol–water partition coefficient (Wildman–Crippen LogP) is 3.70. The molecular formula is C15H14N2S. The molecule has 90 valence electrons. The van der Waals surface area contributed by atoms with E-state index in [0.717, 1.165) is 17.1 Å². The molecule has 0 bridgehead atoms. The van der Waals surface area contributed by atoms with Gasteiger partial charge in [0, 0.05) is 17.7 Å². The zero-order valence-corrected chi connectivity index (χ0v) is 11.1. The molecule has 0 atom stereocenters. The predicted molar refractivity (Wildman–Crippen MR) is 75.1 cm³/mol. The van der Waals surface area contributed by atoms with Crippen LogP contribution in [0.1, 0.15) is 22.4 Å². The van der Waals surface area contributed by atoms with Crippen LogP contribution in [0.3, 0.4) is 0 Å². The lowest BCUT2D eigenvalue weighted by molar-refractivity contribution is 1.19. The molecule has 0 aliphatic heterocycles. The summed E-state index contributed by atoms with van der Waals surface area (Å²) >= 11 is 1.81. The van der Waals surface area contributed by atoms with E-state index in [4.69, 9.17) is 5.26 Å². The van der Waals surface area contributed by atoms with Crippen LogP contribution >= 0.6 is 11.8 Å². The van der Waals surface area contributed by atoms with Crippen LogP contribution < -0.4 is 0 Å². The first kappa shape index (κ1) is 12.7.